The lowest BCUT2D eigenvalue weighted by Crippen LogP contribution is -1.88. The van der Waals surface area contributed by atoms with Gasteiger partial charge in [-0.3, -0.25) is 0 Å². The largest absolute Gasteiger partial charge is 0.508 e. The molecule has 0 heterocycles. The van der Waals surface area contributed by atoms with E-state index in [4.69, 9.17) is 0 Å². The smallest absolute Gasteiger partial charge is 0.126 e. The van der Waals surface area contributed by atoms with E-state index in [1.165, 1.54) is 0 Å². The minimum Gasteiger partial charge on any atom is -0.508 e. The molecule has 88 valence electrons. The monoisotopic (exact) mass is 228 g/mol. The Labute approximate surface area is 101 Å². The third kappa shape index (κ3) is 1.98. The Kier molecular flexibility index (Phi) is 2.80. The molecule has 2 heteroatoms. The van der Waals surface area contributed by atoms with Gasteiger partial charge in [0.1, 0.15) is 11.5 Å². The maximum Gasteiger partial charge on any atom is 0.126 e. The van der Waals surface area contributed by atoms with Crippen molar-refractivity contribution in [3.05, 3.63) is 47.0 Å². The lowest BCUT2D eigenvalue weighted by Gasteiger charge is -2.12. The Balaban J connectivity index is 2.68. The summed E-state index contributed by atoms with van der Waals surface area (Å²) in [7, 11) is 0. The van der Waals surface area contributed by atoms with Crippen LogP contribution in [0.15, 0.2) is 30.3 Å². The summed E-state index contributed by atoms with van der Waals surface area (Å²) in [6.07, 6.45) is 0. The number of hydrogen-bond donors (Lipinski definition) is 2. The Morgan fingerprint density at radius 1 is 0.765 bits per heavy atom. The number of benzene rings is 2. The molecule has 0 spiro atoms. The van der Waals surface area contributed by atoms with Crippen molar-refractivity contribution in [3.8, 4) is 22.6 Å². The molecule has 0 saturated heterocycles. The molecule has 2 aromatic carbocycles. The second-order valence-corrected chi connectivity index (χ2v) is 4.42. The Morgan fingerprint density at radius 3 is 2.00 bits per heavy atom. The first-order valence-electron chi connectivity index (χ1n) is 5.60. The zero-order valence-corrected chi connectivity index (χ0v) is 10.3. The van der Waals surface area contributed by atoms with Crippen LogP contribution >= 0.6 is 0 Å². The van der Waals surface area contributed by atoms with E-state index in [0.29, 0.717) is 0 Å². The van der Waals surface area contributed by atoms with Gasteiger partial charge < -0.3 is 10.2 Å². The minimum atomic E-state index is 0.253. The van der Waals surface area contributed by atoms with Crippen molar-refractivity contribution in [2.24, 2.45) is 0 Å². The molecule has 0 bridgehead atoms. The fourth-order valence-electron chi connectivity index (χ4n) is 1.93. The summed E-state index contributed by atoms with van der Waals surface area (Å²) in [6.45, 7) is 5.67. The van der Waals surface area contributed by atoms with Gasteiger partial charge in [-0.25, -0.2) is 0 Å². The Hall–Kier alpha value is -1.96. The molecule has 17 heavy (non-hydrogen) atoms. The van der Waals surface area contributed by atoms with E-state index >= 15 is 0 Å². The van der Waals surface area contributed by atoms with E-state index in [0.717, 1.165) is 27.8 Å². The molecule has 0 amide bonds. The van der Waals surface area contributed by atoms with Gasteiger partial charge in [0.2, 0.25) is 0 Å². The molecule has 2 rings (SSSR count). The van der Waals surface area contributed by atoms with Gasteiger partial charge in [-0.1, -0.05) is 24.3 Å². The van der Waals surface area contributed by atoms with Crippen LogP contribution in [-0.2, 0) is 0 Å². The summed E-state index contributed by atoms with van der Waals surface area (Å²) in [4.78, 5) is 0. The van der Waals surface area contributed by atoms with Crippen LogP contribution in [0, 0.1) is 20.8 Å². The predicted octanol–water partition coefficient (Wildman–Crippen LogP) is 3.69. The maximum atomic E-state index is 10.1. The van der Waals surface area contributed by atoms with Crippen molar-refractivity contribution in [2.45, 2.75) is 20.8 Å². The summed E-state index contributed by atoms with van der Waals surface area (Å²) < 4.78 is 0. The molecule has 0 unspecified atom stereocenters. The third-order valence-corrected chi connectivity index (χ3v) is 3.09. The average molecular weight is 228 g/mol. The topological polar surface area (TPSA) is 40.5 Å². The molecule has 2 N–H and O–H groups in total. The van der Waals surface area contributed by atoms with Gasteiger partial charge in [-0.15, -0.1) is 0 Å². The van der Waals surface area contributed by atoms with Gasteiger partial charge in [0.15, 0.2) is 0 Å². The third-order valence-electron chi connectivity index (χ3n) is 3.09. The molecule has 0 atom stereocenters. The molecule has 0 aromatic heterocycles. The number of phenolic OH excluding ortho intramolecular Hbond substituents is 2. The van der Waals surface area contributed by atoms with E-state index in [2.05, 4.69) is 0 Å². The van der Waals surface area contributed by atoms with Crippen molar-refractivity contribution < 1.29 is 10.2 Å². The van der Waals surface area contributed by atoms with Crippen LogP contribution in [-0.4, -0.2) is 10.2 Å². The zero-order valence-electron chi connectivity index (χ0n) is 10.3. The quantitative estimate of drug-likeness (QED) is 0.781. The van der Waals surface area contributed by atoms with Crippen LogP contribution in [0.3, 0.4) is 0 Å². The van der Waals surface area contributed by atoms with Gasteiger partial charge in [0.25, 0.3) is 0 Å². The zero-order chi connectivity index (χ0) is 12.6. The standard InChI is InChI=1S/C15H16O2/c1-9-6-7-12(8-13(9)16)14-10(2)4-5-11(3)15(14)17/h4-8,16-17H,1-3H3. The number of aryl methyl sites for hydroxylation is 3. The molecule has 2 aromatic rings. The van der Waals surface area contributed by atoms with Crippen LogP contribution in [0.2, 0.25) is 0 Å². The van der Waals surface area contributed by atoms with E-state index in [1.54, 1.807) is 6.07 Å². The van der Waals surface area contributed by atoms with Gasteiger partial charge in [0.05, 0.1) is 0 Å². The van der Waals surface area contributed by atoms with Crippen molar-refractivity contribution in [1.29, 1.82) is 0 Å². The predicted molar refractivity (Wildman–Crippen MR) is 69.4 cm³/mol. The molecule has 0 aliphatic heterocycles. The highest BCUT2D eigenvalue weighted by atomic mass is 16.3. The first-order chi connectivity index (χ1) is 8.00. The highest BCUT2D eigenvalue weighted by Gasteiger charge is 2.11. The number of aromatic hydroxyl groups is 2. The first kappa shape index (κ1) is 11.5. The summed E-state index contributed by atoms with van der Waals surface area (Å²) in [6, 6.07) is 9.32. The first-order valence-corrected chi connectivity index (χ1v) is 5.60. The minimum absolute atomic E-state index is 0.253. The van der Waals surface area contributed by atoms with Crippen molar-refractivity contribution in [2.75, 3.05) is 0 Å². The average Bonchev–Trinajstić information content (AvgIpc) is 2.29. The highest BCUT2D eigenvalue weighted by molar-refractivity contribution is 5.76. The fraction of sp³-hybridized carbons (Fsp3) is 0.200. The molecule has 0 radical (unpaired) electrons. The molecule has 0 saturated carbocycles. The van der Waals surface area contributed by atoms with Crippen molar-refractivity contribution in [3.63, 3.8) is 0 Å². The second kappa shape index (κ2) is 4.13. The second-order valence-electron chi connectivity index (χ2n) is 4.42. The summed E-state index contributed by atoms with van der Waals surface area (Å²) >= 11 is 0. The lowest BCUT2D eigenvalue weighted by atomic mass is 9.96. The van der Waals surface area contributed by atoms with Gasteiger partial charge in [-0.2, -0.15) is 0 Å². The van der Waals surface area contributed by atoms with Gasteiger partial charge in [0, 0.05) is 5.56 Å². The Bertz CT molecular complexity index is 571. The molecule has 2 nitrogen and oxygen atoms in total. The van der Waals surface area contributed by atoms with Gasteiger partial charge >= 0.3 is 0 Å². The molecular formula is C15H16O2. The van der Waals surface area contributed by atoms with E-state index in [-0.39, 0.29) is 11.5 Å². The van der Waals surface area contributed by atoms with Crippen LogP contribution in [0.25, 0.3) is 11.1 Å². The number of phenols is 2. The van der Waals surface area contributed by atoms with E-state index in [9.17, 15) is 10.2 Å². The van der Waals surface area contributed by atoms with Crippen molar-refractivity contribution in [1.82, 2.24) is 0 Å². The summed E-state index contributed by atoms with van der Waals surface area (Å²) in [5.41, 5.74) is 4.30. The van der Waals surface area contributed by atoms with E-state index in [1.807, 2.05) is 45.0 Å². The summed E-state index contributed by atoms with van der Waals surface area (Å²) in [5.74, 6) is 0.538. The van der Waals surface area contributed by atoms with Gasteiger partial charge in [-0.05, 0) is 49.1 Å². The fourth-order valence-corrected chi connectivity index (χ4v) is 1.93. The van der Waals surface area contributed by atoms with Crippen LogP contribution in [0.5, 0.6) is 11.5 Å². The SMILES string of the molecule is Cc1ccc(-c2c(C)ccc(C)c2O)cc1O. The molecule has 0 fully saturated rings. The number of rotatable bonds is 1. The van der Waals surface area contributed by atoms with Crippen LogP contribution in [0.1, 0.15) is 16.7 Å². The molecule has 0 aliphatic rings. The number of hydrogen-bond acceptors (Lipinski definition) is 2. The van der Waals surface area contributed by atoms with Crippen LogP contribution in [0.4, 0.5) is 0 Å². The van der Waals surface area contributed by atoms with E-state index < -0.39 is 0 Å². The molecular weight excluding hydrogens is 212 g/mol. The Morgan fingerprint density at radius 2 is 1.35 bits per heavy atom. The maximum absolute atomic E-state index is 10.1. The normalized spacial score (nSPS) is 10.5. The summed E-state index contributed by atoms with van der Waals surface area (Å²) in [5, 5.41) is 19.8. The molecule has 0 aliphatic carbocycles. The highest BCUT2D eigenvalue weighted by Crippen LogP contribution is 2.36. The van der Waals surface area contributed by atoms with Crippen molar-refractivity contribution >= 4 is 0 Å². The lowest BCUT2D eigenvalue weighted by molar-refractivity contribution is 0.470. The van der Waals surface area contributed by atoms with Crippen LogP contribution < -0.4 is 0 Å².